The molecule has 0 atom stereocenters. The summed E-state index contributed by atoms with van der Waals surface area (Å²) in [6.07, 6.45) is -2.67. The van der Waals surface area contributed by atoms with Gasteiger partial charge in [-0.3, -0.25) is 0 Å². The Morgan fingerprint density at radius 3 is 2.43 bits per heavy atom. The lowest BCUT2D eigenvalue weighted by Gasteiger charge is -2.06. The summed E-state index contributed by atoms with van der Waals surface area (Å²) >= 11 is 0. The van der Waals surface area contributed by atoms with Crippen molar-refractivity contribution in [1.29, 1.82) is 0 Å². The Morgan fingerprint density at radius 2 is 1.95 bits per heavy atom. The molecule has 0 amide bonds. The first kappa shape index (κ1) is 15.3. The fraction of sp³-hybridized carbons (Fsp3) is 0.273. The number of halogens is 3. The summed E-state index contributed by atoms with van der Waals surface area (Å²) in [5.74, 6) is -0.529. The van der Waals surface area contributed by atoms with Crippen molar-refractivity contribution in [3.8, 4) is 11.7 Å². The van der Waals surface area contributed by atoms with E-state index in [1.165, 1.54) is 18.3 Å². The van der Waals surface area contributed by atoms with E-state index in [2.05, 4.69) is 14.3 Å². The third-order valence-corrected chi connectivity index (χ3v) is 2.89. The van der Waals surface area contributed by atoms with Gasteiger partial charge in [-0.1, -0.05) is 6.07 Å². The molecule has 2 heterocycles. The molecule has 0 bridgehead atoms. The maximum atomic E-state index is 12.9. The highest BCUT2D eigenvalue weighted by atomic mass is 32.2. The predicted molar refractivity (Wildman–Crippen MR) is 66.6 cm³/mol. The van der Waals surface area contributed by atoms with Gasteiger partial charge in [0, 0.05) is 11.8 Å². The van der Waals surface area contributed by atoms with Crippen molar-refractivity contribution in [2.24, 2.45) is 0 Å². The molecule has 0 N–H and O–H groups in total. The smallest absolute Gasteiger partial charge is 0.361 e. The van der Waals surface area contributed by atoms with Gasteiger partial charge >= 0.3 is 16.3 Å². The van der Waals surface area contributed by atoms with Crippen molar-refractivity contribution in [2.75, 3.05) is 6.26 Å². The number of hydrogen-bond donors (Lipinski definition) is 0. The minimum atomic E-state index is -4.74. The second-order valence-corrected chi connectivity index (χ2v) is 5.74. The van der Waals surface area contributed by atoms with Gasteiger partial charge in [0.2, 0.25) is 5.88 Å². The molecular formula is C11H10F3N3O3S. The highest BCUT2D eigenvalue weighted by molar-refractivity contribution is 7.86. The molecule has 2 rings (SSSR count). The summed E-state index contributed by atoms with van der Waals surface area (Å²) in [5, 5.41) is 3.38. The topological polar surface area (TPSA) is 74.1 Å². The largest absolute Gasteiger partial charge is 0.435 e. The number of rotatable bonds is 3. The average Bonchev–Trinajstić information content (AvgIpc) is 2.66. The molecule has 2 aromatic rings. The van der Waals surface area contributed by atoms with Crippen molar-refractivity contribution >= 4 is 10.1 Å². The van der Waals surface area contributed by atoms with Crippen molar-refractivity contribution in [2.45, 2.75) is 13.1 Å². The number of aromatic nitrogens is 3. The van der Waals surface area contributed by atoms with E-state index in [1.807, 2.05) is 0 Å². The van der Waals surface area contributed by atoms with Crippen LogP contribution in [0.15, 0.2) is 24.4 Å². The van der Waals surface area contributed by atoms with Crippen LogP contribution < -0.4 is 4.18 Å². The number of pyridine rings is 1. The van der Waals surface area contributed by atoms with Crippen LogP contribution >= 0.6 is 0 Å². The molecule has 0 aromatic carbocycles. The molecule has 114 valence electrons. The average molecular weight is 321 g/mol. The van der Waals surface area contributed by atoms with Crippen molar-refractivity contribution in [3.63, 3.8) is 0 Å². The first-order chi connectivity index (χ1) is 9.59. The standard InChI is InChI=1S/C11H10F3N3O3S/c1-7-9(11(12,13)14)16-17(8-5-3-4-6-15-8)10(7)20-21(2,18)19/h3-6H,1-2H3. The quantitative estimate of drug-likeness (QED) is 0.808. The third kappa shape index (κ3) is 3.32. The van der Waals surface area contributed by atoms with Crippen LogP contribution in [0.4, 0.5) is 13.2 Å². The second-order valence-electron chi connectivity index (χ2n) is 4.16. The Bertz CT molecular complexity index is 754. The Hall–Kier alpha value is -2.10. The molecule has 0 fully saturated rings. The molecule has 0 saturated heterocycles. The zero-order chi connectivity index (χ0) is 15.8. The van der Waals surface area contributed by atoms with Gasteiger partial charge in [0.25, 0.3) is 0 Å². The lowest BCUT2D eigenvalue weighted by molar-refractivity contribution is -0.141. The van der Waals surface area contributed by atoms with Crippen LogP contribution in [0, 0.1) is 6.92 Å². The number of hydrogen-bond acceptors (Lipinski definition) is 5. The lowest BCUT2D eigenvalue weighted by Crippen LogP contribution is -2.11. The minimum Gasteiger partial charge on any atom is -0.361 e. The molecule has 0 spiro atoms. The summed E-state index contributed by atoms with van der Waals surface area (Å²) in [6.45, 7) is 1.08. The summed E-state index contributed by atoms with van der Waals surface area (Å²) in [6, 6.07) is 4.46. The van der Waals surface area contributed by atoms with E-state index in [0.717, 1.165) is 13.2 Å². The van der Waals surface area contributed by atoms with Crippen LogP contribution in [0.25, 0.3) is 5.82 Å². The van der Waals surface area contributed by atoms with Crippen molar-refractivity contribution in [1.82, 2.24) is 14.8 Å². The minimum absolute atomic E-state index is 0.00903. The van der Waals surface area contributed by atoms with Gasteiger partial charge in [-0.15, -0.1) is 0 Å². The molecule has 0 saturated carbocycles. The molecule has 0 aliphatic rings. The van der Waals surface area contributed by atoms with Crippen molar-refractivity contribution in [3.05, 3.63) is 35.7 Å². The van der Waals surface area contributed by atoms with Crippen LogP contribution in [0.1, 0.15) is 11.3 Å². The summed E-state index contributed by atoms with van der Waals surface area (Å²) < 4.78 is 66.5. The van der Waals surface area contributed by atoms with E-state index >= 15 is 0 Å². The zero-order valence-electron chi connectivity index (χ0n) is 10.9. The maximum Gasteiger partial charge on any atom is 0.435 e. The van der Waals surface area contributed by atoms with Gasteiger partial charge in [0.15, 0.2) is 11.5 Å². The van der Waals surface area contributed by atoms with Crippen molar-refractivity contribution < 1.29 is 25.8 Å². The molecule has 6 nitrogen and oxygen atoms in total. The molecule has 0 aliphatic carbocycles. The second kappa shape index (κ2) is 5.02. The summed E-state index contributed by atoms with van der Waals surface area (Å²) in [7, 11) is -4.02. The zero-order valence-corrected chi connectivity index (χ0v) is 11.7. The molecule has 21 heavy (non-hydrogen) atoms. The number of nitrogens with zero attached hydrogens (tertiary/aromatic N) is 3. The molecule has 0 unspecified atom stereocenters. The first-order valence-corrected chi connectivity index (χ1v) is 7.39. The highest BCUT2D eigenvalue weighted by Crippen LogP contribution is 2.36. The SMILES string of the molecule is Cc1c(C(F)(F)F)nn(-c2ccccn2)c1OS(C)(=O)=O. The van der Waals surface area contributed by atoms with Gasteiger partial charge in [0.05, 0.1) is 6.26 Å². The molecule has 10 heteroatoms. The normalized spacial score (nSPS) is 12.4. The molecular weight excluding hydrogens is 311 g/mol. The van der Waals surface area contributed by atoms with Crippen LogP contribution in [-0.2, 0) is 16.3 Å². The van der Waals surface area contributed by atoms with Crippen LogP contribution in [0.2, 0.25) is 0 Å². The lowest BCUT2D eigenvalue weighted by atomic mass is 10.2. The van der Waals surface area contributed by atoms with Gasteiger partial charge in [-0.25, -0.2) is 4.98 Å². The number of alkyl halides is 3. The van der Waals surface area contributed by atoms with Gasteiger partial charge in [0.1, 0.15) is 0 Å². The van der Waals surface area contributed by atoms with E-state index in [9.17, 15) is 21.6 Å². The van der Waals surface area contributed by atoms with Crippen LogP contribution in [-0.4, -0.2) is 29.4 Å². The van der Waals surface area contributed by atoms with E-state index in [4.69, 9.17) is 0 Å². The van der Waals surface area contributed by atoms with Crippen LogP contribution in [0.5, 0.6) is 5.88 Å². The Kier molecular flexibility index (Phi) is 3.66. The van der Waals surface area contributed by atoms with E-state index in [1.54, 1.807) is 6.07 Å². The van der Waals surface area contributed by atoms with Crippen LogP contribution in [0.3, 0.4) is 0 Å². The fourth-order valence-corrected chi connectivity index (χ4v) is 2.11. The van der Waals surface area contributed by atoms with E-state index in [-0.39, 0.29) is 5.82 Å². The highest BCUT2D eigenvalue weighted by Gasteiger charge is 2.39. The summed E-state index contributed by atoms with van der Waals surface area (Å²) in [5.41, 5.74) is -1.66. The fourth-order valence-electron chi connectivity index (χ4n) is 1.63. The Balaban J connectivity index is 2.69. The van der Waals surface area contributed by atoms with Gasteiger partial charge in [-0.05, 0) is 19.1 Å². The van der Waals surface area contributed by atoms with E-state index in [0.29, 0.717) is 4.68 Å². The monoisotopic (exact) mass is 321 g/mol. The Morgan fingerprint density at radius 1 is 1.29 bits per heavy atom. The Labute approximate surface area is 118 Å². The van der Waals surface area contributed by atoms with Gasteiger partial charge < -0.3 is 4.18 Å². The van der Waals surface area contributed by atoms with E-state index < -0.39 is 33.4 Å². The molecule has 2 aromatic heterocycles. The third-order valence-electron chi connectivity index (χ3n) is 2.43. The maximum absolute atomic E-state index is 12.9. The predicted octanol–water partition coefficient (Wildman–Crippen LogP) is 1.93. The van der Waals surface area contributed by atoms with Gasteiger partial charge in [-0.2, -0.15) is 31.4 Å². The first-order valence-electron chi connectivity index (χ1n) is 5.57. The summed E-state index contributed by atoms with van der Waals surface area (Å²) in [4.78, 5) is 3.83. The molecule has 0 radical (unpaired) electrons. The molecule has 0 aliphatic heterocycles.